The zero-order valence-corrected chi connectivity index (χ0v) is 23.8. The minimum absolute atomic E-state index is 0.000635. The molecular formula is C27H20Cl2F4N6O5. The molecule has 230 valence electrons. The number of amides is 1. The topological polar surface area (TPSA) is 144 Å². The van der Waals surface area contributed by atoms with E-state index in [0.29, 0.717) is 5.82 Å². The molecule has 0 saturated carbocycles. The number of carbonyl (C=O) groups is 2. The van der Waals surface area contributed by atoms with E-state index in [0.717, 1.165) is 33.4 Å². The monoisotopic (exact) mass is 654 g/mol. The fourth-order valence-corrected chi connectivity index (χ4v) is 4.86. The molecule has 0 unspecified atom stereocenters. The highest BCUT2D eigenvalue weighted by atomic mass is 35.5. The van der Waals surface area contributed by atoms with Crippen LogP contribution in [0.4, 0.5) is 23.2 Å². The molecule has 0 saturated heterocycles. The van der Waals surface area contributed by atoms with Crippen molar-refractivity contribution in [3.8, 4) is 16.9 Å². The summed E-state index contributed by atoms with van der Waals surface area (Å²) in [5, 5.41) is 15.7. The molecule has 17 heteroatoms. The number of benzene rings is 3. The van der Waals surface area contributed by atoms with Gasteiger partial charge in [0, 0.05) is 18.3 Å². The van der Waals surface area contributed by atoms with Crippen molar-refractivity contribution in [2.24, 2.45) is 7.05 Å². The molecular weight excluding hydrogens is 635 g/mol. The summed E-state index contributed by atoms with van der Waals surface area (Å²) in [6.07, 6.45) is -3.50. The number of aromatic nitrogens is 5. The van der Waals surface area contributed by atoms with Crippen molar-refractivity contribution < 1.29 is 37.0 Å². The number of hydrogen-bond donors (Lipinski definition) is 3. The zero-order chi connectivity index (χ0) is 32.2. The van der Waals surface area contributed by atoms with Gasteiger partial charge in [0.2, 0.25) is 5.91 Å². The molecule has 0 atom stereocenters. The lowest BCUT2D eigenvalue weighted by Gasteiger charge is -2.15. The number of ether oxygens (including phenoxy) is 1. The molecule has 0 bridgehead atoms. The maximum atomic E-state index is 14.0. The Hall–Kier alpha value is -4.89. The third-order valence-corrected chi connectivity index (χ3v) is 6.68. The normalized spacial score (nSPS) is 11.2. The van der Waals surface area contributed by atoms with E-state index >= 15 is 0 Å². The number of H-pyrrole nitrogens is 1. The number of fused-ring (bicyclic) bond motifs is 1. The molecule has 3 aromatic carbocycles. The average Bonchev–Trinajstić information content (AvgIpc) is 3.56. The fourth-order valence-electron chi connectivity index (χ4n) is 4.27. The maximum absolute atomic E-state index is 14.0. The Morgan fingerprint density at radius 1 is 1.14 bits per heavy atom. The third kappa shape index (κ3) is 7.01. The number of aromatic amines is 1. The van der Waals surface area contributed by atoms with Gasteiger partial charge in [0.15, 0.2) is 11.6 Å². The fraction of sp³-hybridized carbons (Fsp3) is 0.148. The van der Waals surface area contributed by atoms with E-state index in [1.807, 2.05) is 0 Å². The molecule has 1 amide bonds. The van der Waals surface area contributed by atoms with Crippen molar-refractivity contribution in [1.29, 1.82) is 0 Å². The Kier molecular flexibility index (Phi) is 9.59. The molecule has 0 aliphatic rings. The zero-order valence-electron chi connectivity index (χ0n) is 22.3. The van der Waals surface area contributed by atoms with Crippen LogP contribution in [0, 0.1) is 5.82 Å². The van der Waals surface area contributed by atoms with Crippen molar-refractivity contribution >= 4 is 52.3 Å². The first-order chi connectivity index (χ1) is 20.8. The number of carboxylic acid groups (broad SMARTS) is 1. The molecule has 0 radical (unpaired) electrons. The van der Waals surface area contributed by atoms with E-state index in [1.165, 1.54) is 37.6 Å². The Labute approximate surface area is 254 Å². The van der Waals surface area contributed by atoms with E-state index in [1.54, 1.807) is 0 Å². The molecule has 2 heterocycles. The van der Waals surface area contributed by atoms with Gasteiger partial charge in [-0.25, -0.2) is 14.2 Å². The summed E-state index contributed by atoms with van der Waals surface area (Å²) in [6, 6.07) is 9.27. The lowest BCUT2D eigenvalue weighted by atomic mass is 10.00. The lowest BCUT2D eigenvalue weighted by molar-refractivity contribution is -0.137. The number of alkyl halides is 3. The van der Waals surface area contributed by atoms with Gasteiger partial charge in [-0.15, -0.1) is 0 Å². The Bertz CT molecular complexity index is 1850. The molecule has 5 aromatic rings. The second kappa shape index (κ2) is 13.2. The van der Waals surface area contributed by atoms with Gasteiger partial charge in [-0.1, -0.05) is 23.2 Å². The van der Waals surface area contributed by atoms with Crippen LogP contribution in [-0.2, 0) is 36.0 Å². The van der Waals surface area contributed by atoms with Gasteiger partial charge >= 0.3 is 11.9 Å². The molecule has 2 aromatic heterocycles. The lowest BCUT2D eigenvalue weighted by Crippen LogP contribution is -2.28. The number of anilines is 1. The summed E-state index contributed by atoms with van der Waals surface area (Å²) < 4.78 is 62.9. The second-order valence-electron chi connectivity index (χ2n) is 8.97. The number of halogens is 6. The van der Waals surface area contributed by atoms with Crippen LogP contribution in [-0.4, -0.2) is 41.8 Å². The predicted octanol–water partition coefficient (Wildman–Crippen LogP) is 5.51. The van der Waals surface area contributed by atoms with Crippen molar-refractivity contribution in [3.63, 3.8) is 0 Å². The number of carbonyl (C=O) groups excluding carboxylic acids is 1. The molecule has 0 spiro atoms. The Morgan fingerprint density at radius 3 is 2.34 bits per heavy atom. The minimum atomic E-state index is -4.79. The van der Waals surface area contributed by atoms with Crippen LogP contribution in [0.1, 0.15) is 11.4 Å². The van der Waals surface area contributed by atoms with Crippen LogP contribution in [0.15, 0.2) is 59.7 Å². The first kappa shape index (κ1) is 32.0. The maximum Gasteiger partial charge on any atom is 0.416 e. The number of nitrogens with one attached hydrogen (secondary N) is 2. The largest absolute Gasteiger partial charge is 0.483 e. The number of imidazole rings is 1. The van der Waals surface area contributed by atoms with Crippen molar-refractivity contribution in [1.82, 2.24) is 24.3 Å². The van der Waals surface area contributed by atoms with Crippen molar-refractivity contribution in [2.75, 3.05) is 5.32 Å². The molecule has 0 aliphatic heterocycles. The van der Waals surface area contributed by atoms with Gasteiger partial charge in [-0.3, -0.25) is 23.8 Å². The van der Waals surface area contributed by atoms with E-state index in [2.05, 4.69) is 20.5 Å². The van der Waals surface area contributed by atoms with Crippen molar-refractivity contribution in [3.05, 3.63) is 92.6 Å². The predicted molar refractivity (Wildman–Crippen MR) is 152 cm³/mol. The summed E-state index contributed by atoms with van der Waals surface area (Å²) in [5.74, 6) is -0.763. The SMILES string of the molecule is Cn1c(=O)n(CC(=O)Nc2ccc(F)cc2)c2cc(C(F)(F)F)cc(-c3cc(Cl)c(OCc4ncn[nH]4)c(Cl)c3)c21.O=CO. The summed E-state index contributed by atoms with van der Waals surface area (Å²) in [6.45, 7) is -0.909. The van der Waals surface area contributed by atoms with Gasteiger partial charge in [-0.05, 0) is 54.1 Å². The first-order valence-corrected chi connectivity index (χ1v) is 13.0. The summed E-state index contributed by atoms with van der Waals surface area (Å²) >= 11 is 12.8. The van der Waals surface area contributed by atoms with Gasteiger partial charge in [0.25, 0.3) is 6.47 Å². The van der Waals surface area contributed by atoms with Crippen LogP contribution in [0.25, 0.3) is 22.2 Å². The highest BCUT2D eigenvalue weighted by molar-refractivity contribution is 6.37. The molecule has 5 rings (SSSR count). The summed E-state index contributed by atoms with van der Waals surface area (Å²) in [5.41, 5.74) is -1.41. The molecule has 0 fully saturated rings. The quantitative estimate of drug-likeness (QED) is 0.155. The van der Waals surface area contributed by atoms with Gasteiger partial charge in [0.1, 0.15) is 25.3 Å². The number of hydrogen-bond acceptors (Lipinski definition) is 6. The molecule has 11 nitrogen and oxygen atoms in total. The Morgan fingerprint density at radius 2 is 1.77 bits per heavy atom. The number of rotatable bonds is 7. The Balaban J connectivity index is 0.00000141. The highest BCUT2D eigenvalue weighted by Gasteiger charge is 2.33. The van der Waals surface area contributed by atoms with Gasteiger partial charge in [0.05, 0.1) is 26.6 Å². The molecule has 0 aliphatic carbocycles. The minimum Gasteiger partial charge on any atom is -0.483 e. The van der Waals surface area contributed by atoms with Crippen LogP contribution in [0.3, 0.4) is 0 Å². The van der Waals surface area contributed by atoms with Crippen LogP contribution >= 0.6 is 23.2 Å². The number of aryl methyl sites for hydroxylation is 1. The van der Waals surface area contributed by atoms with Crippen molar-refractivity contribution in [2.45, 2.75) is 19.3 Å². The van der Waals surface area contributed by atoms with Crippen LogP contribution in [0.5, 0.6) is 5.75 Å². The molecule has 3 N–H and O–H groups in total. The standard InChI is InChI=1S/C26H18Cl2F4N6O3.CH2O2/c1-37-23-17(13-6-18(27)24(19(28)7-13)41-11-21-33-12-34-36-21)8-14(26(30,31)32)9-20(23)38(25(37)40)10-22(39)35-16-4-2-15(29)3-5-16;2-1-3/h2-9,12H,10-11H2,1H3,(H,35,39)(H,33,34,36);1H,(H,2,3). The first-order valence-electron chi connectivity index (χ1n) is 12.2. The smallest absolute Gasteiger partial charge is 0.416 e. The number of nitrogens with zero attached hydrogens (tertiary/aromatic N) is 4. The summed E-state index contributed by atoms with van der Waals surface area (Å²) in [7, 11) is 1.37. The van der Waals surface area contributed by atoms with E-state index < -0.39 is 35.7 Å². The summed E-state index contributed by atoms with van der Waals surface area (Å²) in [4.78, 5) is 38.2. The highest BCUT2D eigenvalue weighted by Crippen LogP contribution is 2.42. The van der Waals surface area contributed by atoms with Crippen LogP contribution < -0.4 is 15.7 Å². The molecule has 44 heavy (non-hydrogen) atoms. The van der Waals surface area contributed by atoms with E-state index in [-0.39, 0.29) is 56.7 Å². The van der Waals surface area contributed by atoms with Gasteiger partial charge in [-0.2, -0.15) is 18.3 Å². The second-order valence-corrected chi connectivity index (χ2v) is 9.78. The van der Waals surface area contributed by atoms with E-state index in [4.69, 9.17) is 37.8 Å². The average molecular weight is 655 g/mol. The van der Waals surface area contributed by atoms with E-state index in [9.17, 15) is 27.2 Å². The van der Waals surface area contributed by atoms with Crippen LogP contribution in [0.2, 0.25) is 10.0 Å². The van der Waals surface area contributed by atoms with Gasteiger partial charge < -0.3 is 15.2 Å². The third-order valence-electron chi connectivity index (χ3n) is 6.12.